The van der Waals surface area contributed by atoms with Gasteiger partial charge >= 0.3 is 11.8 Å². The van der Waals surface area contributed by atoms with Crippen LogP contribution in [-0.4, -0.2) is 55.9 Å². The first-order valence-electron chi connectivity index (χ1n) is 6.91. The summed E-state index contributed by atoms with van der Waals surface area (Å²) in [5.74, 6) is -0.176. The number of amides is 2. The van der Waals surface area contributed by atoms with Gasteiger partial charge in [0.15, 0.2) is 0 Å². The number of rotatable bonds is 5. The summed E-state index contributed by atoms with van der Waals surface area (Å²) in [7, 11) is 5.13. The molecule has 0 saturated carbocycles. The van der Waals surface area contributed by atoms with Gasteiger partial charge in [-0.25, -0.2) is 0 Å². The van der Waals surface area contributed by atoms with Gasteiger partial charge in [-0.2, -0.15) is 0 Å². The van der Waals surface area contributed by atoms with Crippen LogP contribution in [0.5, 0.6) is 5.75 Å². The average Bonchev–Trinajstić information content (AvgIpc) is 2.48. The number of likely N-dealkylation sites (N-methyl/N-ethyl adjacent to an activating group) is 1. The van der Waals surface area contributed by atoms with Gasteiger partial charge in [-0.1, -0.05) is 6.07 Å². The third kappa shape index (κ3) is 3.33. The summed E-state index contributed by atoms with van der Waals surface area (Å²) in [4.78, 5) is 26.8. The molecule has 1 aromatic carbocycles. The fourth-order valence-electron chi connectivity index (χ4n) is 2.40. The van der Waals surface area contributed by atoms with E-state index in [1.165, 1.54) is 4.90 Å². The Morgan fingerprint density at radius 2 is 2.00 bits per heavy atom. The number of ether oxygens (including phenoxy) is 1. The van der Waals surface area contributed by atoms with Crippen molar-refractivity contribution in [3.8, 4) is 5.75 Å². The van der Waals surface area contributed by atoms with Crippen molar-refractivity contribution in [2.75, 3.05) is 34.3 Å². The summed E-state index contributed by atoms with van der Waals surface area (Å²) in [5.41, 5.74) is 2.03. The van der Waals surface area contributed by atoms with Crippen molar-refractivity contribution < 1.29 is 14.3 Å². The highest BCUT2D eigenvalue weighted by Crippen LogP contribution is 2.22. The van der Waals surface area contributed by atoms with Crippen LogP contribution in [0, 0.1) is 0 Å². The SMILES string of the molecule is CNCc1ccc(OC)c(CN2CCN(C)C(=O)C2=O)c1. The number of carbonyl (C=O) groups excluding carboxylic acids is 2. The number of hydrogen-bond acceptors (Lipinski definition) is 4. The summed E-state index contributed by atoms with van der Waals surface area (Å²) in [6.07, 6.45) is 0. The lowest BCUT2D eigenvalue weighted by atomic mass is 10.1. The normalized spacial score (nSPS) is 15.6. The third-order valence-electron chi connectivity index (χ3n) is 3.61. The molecule has 1 aliphatic rings. The second-order valence-corrected chi connectivity index (χ2v) is 5.13. The van der Waals surface area contributed by atoms with E-state index in [2.05, 4.69) is 5.32 Å². The Labute approximate surface area is 124 Å². The Balaban J connectivity index is 2.19. The average molecular weight is 291 g/mol. The second kappa shape index (κ2) is 6.58. The zero-order chi connectivity index (χ0) is 15.4. The Bertz CT molecular complexity index is 545. The molecule has 0 atom stereocenters. The second-order valence-electron chi connectivity index (χ2n) is 5.13. The molecule has 6 nitrogen and oxygen atoms in total. The van der Waals surface area contributed by atoms with Gasteiger partial charge in [-0.05, 0) is 24.7 Å². The van der Waals surface area contributed by atoms with Crippen molar-refractivity contribution >= 4 is 11.8 Å². The maximum atomic E-state index is 12.0. The van der Waals surface area contributed by atoms with E-state index in [0.717, 1.165) is 23.4 Å². The highest BCUT2D eigenvalue weighted by Gasteiger charge is 2.30. The minimum Gasteiger partial charge on any atom is -0.496 e. The largest absolute Gasteiger partial charge is 0.496 e. The Morgan fingerprint density at radius 1 is 1.24 bits per heavy atom. The molecular formula is C15H21N3O3. The van der Waals surface area contributed by atoms with Crippen LogP contribution in [-0.2, 0) is 22.7 Å². The molecule has 0 spiro atoms. The number of nitrogens with one attached hydrogen (secondary N) is 1. The van der Waals surface area contributed by atoms with Gasteiger partial charge < -0.3 is 19.9 Å². The van der Waals surface area contributed by atoms with E-state index in [9.17, 15) is 9.59 Å². The molecule has 0 unspecified atom stereocenters. The number of carbonyl (C=O) groups is 2. The van der Waals surface area contributed by atoms with Crippen molar-refractivity contribution in [3.05, 3.63) is 29.3 Å². The van der Waals surface area contributed by atoms with Gasteiger partial charge in [0.05, 0.1) is 7.11 Å². The summed E-state index contributed by atoms with van der Waals surface area (Å²) < 4.78 is 5.35. The van der Waals surface area contributed by atoms with Gasteiger partial charge in [-0.15, -0.1) is 0 Å². The van der Waals surface area contributed by atoms with Crippen LogP contribution >= 0.6 is 0 Å². The molecule has 114 valence electrons. The molecule has 0 aliphatic carbocycles. The van der Waals surface area contributed by atoms with Crippen molar-refractivity contribution in [2.45, 2.75) is 13.1 Å². The van der Waals surface area contributed by atoms with E-state index < -0.39 is 11.8 Å². The third-order valence-corrected chi connectivity index (χ3v) is 3.61. The van der Waals surface area contributed by atoms with Gasteiger partial charge in [0.1, 0.15) is 5.75 Å². The molecule has 2 rings (SSSR count). The lowest BCUT2D eigenvalue weighted by Crippen LogP contribution is -2.52. The van der Waals surface area contributed by atoms with E-state index in [0.29, 0.717) is 19.6 Å². The van der Waals surface area contributed by atoms with Gasteiger partial charge in [0, 0.05) is 38.8 Å². The zero-order valence-corrected chi connectivity index (χ0v) is 12.7. The lowest BCUT2D eigenvalue weighted by molar-refractivity contribution is -0.155. The molecule has 1 saturated heterocycles. The smallest absolute Gasteiger partial charge is 0.312 e. The van der Waals surface area contributed by atoms with Crippen molar-refractivity contribution in [1.29, 1.82) is 0 Å². The van der Waals surface area contributed by atoms with Gasteiger partial charge in [-0.3, -0.25) is 9.59 Å². The van der Waals surface area contributed by atoms with E-state index in [-0.39, 0.29) is 0 Å². The molecule has 1 N–H and O–H groups in total. The summed E-state index contributed by atoms with van der Waals surface area (Å²) in [6.45, 7) is 2.23. The summed E-state index contributed by atoms with van der Waals surface area (Å²) in [5, 5.41) is 3.09. The molecule has 21 heavy (non-hydrogen) atoms. The molecule has 1 aliphatic heterocycles. The number of methoxy groups -OCH3 is 1. The van der Waals surface area contributed by atoms with Gasteiger partial charge in [0.2, 0.25) is 0 Å². The molecule has 6 heteroatoms. The minimum atomic E-state index is -0.454. The first kappa shape index (κ1) is 15.3. The predicted molar refractivity (Wildman–Crippen MR) is 78.8 cm³/mol. The maximum absolute atomic E-state index is 12.0. The van der Waals surface area contributed by atoms with Crippen molar-refractivity contribution in [3.63, 3.8) is 0 Å². The Morgan fingerprint density at radius 3 is 2.67 bits per heavy atom. The van der Waals surface area contributed by atoms with Crippen LogP contribution in [0.25, 0.3) is 0 Å². The first-order valence-corrected chi connectivity index (χ1v) is 6.91. The quantitative estimate of drug-likeness (QED) is 0.788. The highest BCUT2D eigenvalue weighted by molar-refractivity contribution is 6.35. The standard InChI is InChI=1S/C15H21N3O3/c1-16-9-11-4-5-13(21-3)12(8-11)10-18-7-6-17(2)14(19)15(18)20/h4-5,8,16H,6-7,9-10H2,1-3H3. The topological polar surface area (TPSA) is 61.9 Å². The maximum Gasteiger partial charge on any atom is 0.312 e. The fourth-order valence-corrected chi connectivity index (χ4v) is 2.40. The summed E-state index contributed by atoms with van der Waals surface area (Å²) >= 11 is 0. The fraction of sp³-hybridized carbons (Fsp3) is 0.467. The first-order chi connectivity index (χ1) is 10.1. The number of hydrogen-bond donors (Lipinski definition) is 1. The van der Waals surface area contributed by atoms with Crippen LogP contribution < -0.4 is 10.1 Å². The zero-order valence-electron chi connectivity index (χ0n) is 12.7. The van der Waals surface area contributed by atoms with Crippen LogP contribution in [0.4, 0.5) is 0 Å². The summed E-state index contributed by atoms with van der Waals surface area (Å²) in [6, 6.07) is 5.88. The molecule has 1 heterocycles. The molecule has 0 bridgehead atoms. The molecule has 1 aromatic rings. The Kier molecular flexibility index (Phi) is 4.80. The molecule has 1 fully saturated rings. The monoisotopic (exact) mass is 291 g/mol. The van der Waals surface area contributed by atoms with Crippen molar-refractivity contribution in [1.82, 2.24) is 15.1 Å². The number of nitrogens with zero attached hydrogens (tertiary/aromatic N) is 2. The van der Waals surface area contributed by atoms with Crippen LogP contribution in [0.1, 0.15) is 11.1 Å². The molecule has 0 radical (unpaired) electrons. The highest BCUT2D eigenvalue weighted by atomic mass is 16.5. The number of benzene rings is 1. The minimum absolute atomic E-state index is 0.388. The van der Waals surface area contributed by atoms with E-state index in [1.807, 2.05) is 25.2 Å². The van der Waals surface area contributed by atoms with Crippen LogP contribution in [0.15, 0.2) is 18.2 Å². The Hall–Kier alpha value is -2.08. The van der Waals surface area contributed by atoms with E-state index in [1.54, 1.807) is 19.1 Å². The van der Waals surface area contributed by atoms with Crippen LogP contribution in [0.2, 0.25) is 0 Å². The van der Waals surface area contributed by atoms with Crippen molar-refractivity contribution in [2.24, 2.45) is 0 Å². The molecular weight excluding hydrogens is 270 g/mol. The van der Waals surface area contributed by atoms with Crippen LogP contribution in [0.3, 0.4) is 0 Å². The lowest BCUT2D eigenvalue weighted by Gasteiger charge is -2.31. The molecule has 0 aromatic heterocycles. The predicted octanol–water partition coefficient (Wildman–Crippen LogP) is 0.215. The number of piperazine rings is 1. The van der Waals surface area contributed by atoms with Gasteiger partial charge in [0.25, 0.3) is 0 Å². The molecule has 2 amide bonds. The van der Waals surface area contributed by atoms with E-state index in [4.69, 9.17) is 4.74 Å². The van der Waals surface area contributed by atoms with E-state index >= 15 is 0 Å².